The Morgan fingerprint density at radius 3 is 2.39 bits per heavy atom. The quantitative estimate of drug-likeness (QED) is 0.144. The fourth-order valence-electron chi connectivity index (χ4n) is 3.85. The molecule has 178 valence electrons. The molecule has 0 aliphatic carbocycles. The van der Waals surface area contributed by atoms with E-state index in [0.717, 1.165) is 38.4 Å². The van der Waals surface area contributed by atoms with Crippen LogP contribution in [0.3, 0.4) is 0 Å². The van der Waals surface area contributed by atoms with Gasteiger partial charge in [-0.3, -0.25) is 4.79 Å². The van der Waals surface area contributed by atoms with E-state index >= 15 is 0 Å². The minimum atomic E-state index is -0.200. The van der Waals surface area contributed by atoms with Crippen LogP contribution in [-0.2, 0) is 11.3 Å². The highest BCUT2D eigenvalue weighted by atomic mass is 35.5. The van der Waals surface area contributed by atoms with Crippen molar-refractivity contribution in [1.29, 1.82) is 0 Å². The lowest BCUT2D eigenvalue weighted by molar-refractivity contribution is -0.118. The molecule has 5 nitrogen and oxygen atoms in total. The molecule has 0 fully saturated rings. The molecule has 0 aliphatic rings. The molecule has 1 aromatic heterocycles. The van der Waals surface area contributed by atoms with Crippen LogP contribution < -0.4 is 5.43 Å². The number of halogens is 1. The van der Waals surface area contributed by atoms with Gasteiger partial charge >= 0.3 is 0 Å². The predicted molar refractivity (Wildman–Crippen MR) is 149 cm³/mol. The molecule has 0 spiro atoms. The largest absolute Gasteiger partial charge is 0.314 e. The zero-order chi connectivity index (χ0) is 24.7. The van der Waals surface area contributed by atoms with Gasteiger partial charge in [0.1, 0.15) is 0 Å². The molecule has 0 saturated carbocycles. The zero-order valence-electron chi connectivity index (χ0n) is 19.3. The highest BCUT2D eigenvalue weighted by Gasteiger charge is 2.14. The van der Waals surface area contributed by atoms with Crippen molar-refractivity contribution < 1.29 is 4.79 Å². The van der Waals surface area contributed by atoms with Crippen LogP contribution in [0.5, 0.6) is 0 Å². The second-order valence-electron chi connectivity index (χ2n) is 8.13. The lowest BCUT2D eigenvalue weighted by atomic mass is 10.0. The number of carbonyl (C=O) groups excluding carboxylic acids is 1. The summed E-state index contributed by atoms with van der Waals surface area (Å²) in [4.78, 5) is 17.2. The number of nitrogens with zero attached hydrogens (tertiary/aromatic N) is 3. The number of hydrogen-bond acceptors (Lipinski definition) is 4. The van der Waals surface area contributed by atoms with E-state index in [1.54, 1.807) is 6.21 Å². The maximum atomic E-state index is 12.5. The molecule has 1 heterocycles. The van der Waals surface area contributed by atoms with E-state index in [-0.39, 0.29) is 11.7 Å². The van der Waals surface area contributed by atoms with E-state index in [9.17, 15) is 4.79 Å². The first-order valence-electron chi connectivity index (χ1n) is 11.5. The van der Waals surface area contributed by atoms with Crippen LogP contribution in [-0.4, -0.2) is 27.4 Å². The third-order valence-electron chi connectivity index (χ3n) is 5.66. The van der Waals surface area contributed by atoms with Crippen LogP contribution in [0.2, 0.25) is 5.02 Å². The number of para-hydroxylation sites is 2. The summed E-state index contributed by atoms with van der Waals surface area (Å²) in [6.07, 6.45) is 1.64. The Morgan fingerprint density at radius 2 is 1.58 bits per heavy atom. The molecule has 7 heteroatoms. The number of imidazole rings is 1. The molecule has 36 heavy (non-hydrogen) atoms. The topological polar surface area (TPSA) is 59.3 Å². The summed E-state index contributed by atoms with van der Waals surface area (Å²) in [7, 11) is 0. The fraction of sp³-hybridized carbons (Fsp3) is 0.0690. The minimum absolute atomic E-state index is 0.191. The first kappa shape index (κ1) is 23.9. The summed E-state index contributed by atoms with van der Waals surface area (Å²) in [6.45, 7) is 0.571. The Balaban J connectivity index is 1.22. The predicted octanol–water partition coefficient (Wildman–Crippen LogP) is 6.65. The van der Waals surface area contributed by atoms with E-state index in [4.69, 9.17) is 16.6 Å². The van der Waals surface area contributed by atoms with Crippen LogP contribution in [0.15, 0.2) is 113 Å². The van der Waals surface area contributed by atoms with E-state index in [1.165, 1.54) is 11.8 Å². The van der Waals surface area contributed by atoms with Gasteiger partial charge in [-0.15, -0.1) is 0 Å². The lowest BCUT2D eigenvalue weighted by Gasteiger charge is -2.10. The number of amides is 1. The number of fused-ring (bicyclic) bond motifs is 1. The van der Waals surface area contributed by atoms with Crippen LogP contribution in [0.25, 0.3) is 22.2 Å². The summed E-state index contributed by atoms with van der Waals surface area (Å²) < 4.78 is 2.09. The Kier molecular flexibility index (Phi) is 7.45. The van der Waals surface area contributed by atoms with Gasteiger partial charge in [0, 0.05) is 5.02 Å². The third kappa shape index (κ3) is 5.67. The maximum absolute atomic E-state index is 12.5. The molecule has 0 saturated heterocycles. The van der Waals surface area contributed by atoms with Crippen molar-refractivity contribution in [3.8, 4) is 11.1 Å². The molecular weight excluding hydrogens is 488 g/mol. The van der Waals surface area contributed by atoms with Crippen LogP contribution >= 0.6 is 23.4 Å². The summed E-state index contributed by atoms with van der Waals surface area (Å²) in [5.41, 5.74) is 8.68. The van der Waals surface area contributed by atoms with Gasteiger partial charge in [-0.2, -0.15) is 5.10 Å². The molecule has 1 N–H and O–H groups in total. The standard InChI is InChI=1S/C29H23ClN4OS/c30-25-11-5-4-10-24(25)19-34-27-13-7-6-12-26(27)32-29(34)36-20-28(35)33-31-18-21-14-16-23(17-15-21)22-8-2-1-3-9-22/h1-18H,19-20H2,(H,33,35)/b31-18+. The number of aromatic nitrogens is 2. The van der Waals surface area contributed by atoms with Crippen molar-refractivity contribution in [2.24, 2.45) is 5.10 Å². The summed E-state index contributed by atoms with van der Waals surface area (Å²) in [5, 5.41) is 5.58. The molecule has 0 aliphatic heterocycles. The second kappa shape index (κ2) is 11.2. The molecule has 0 unspecified atom stereocenters. The number of thioether (sulfide) groups is 1. The Morgan fingerprint density at radius 1 is 0.889 bits per heavy atom. The highest BCUT2D eigenvalue weighted by Crippen LogP contribution is 2.27. The zero-order valence-corrected chi connectivity index (χ0v) is 20.9. The van der Waals surface area contributed by atoms with Crippen LogP contribution in [0, 0.1) is 0 Å². The van der Waals surface area contributed by atoms with E-state index in [1.807, 2.05) is 91.0 Å². The van der Waals surface area contributed by atoms with E-state index in [0.29, 0.717) is 11.6 Å². The minimum Gasteiger partial charge on any atom is -0.314 e. The molecule has 1 amide bonds. The van der Waals surface area contributed by atoms with Crippen molar-refractivity contribution in [3.05, 3.63) is 119 Å². The Labute approximate surface area is 218 Å². The van der Waals surface area contributed by atoms with Gasteiger partial charge in [-0.1, -0.05) is 108 Å². The lowest BCUT2D eigenvalue weighted by Crippen LogP contribution is -2.20. The van der Waals surface area contributed by atoms with Gasteiger partial charge in [0.25, 0.3) is 5.91 Å². The van der Waals surface area contributed by atoms with Crippen molar-refractivity contribution in [2.45, 2.75) is 11.7 Å². The van der Waals surface area contributed by atoms with Gasteiger partial charge in [0.05, 0.1) is 29.5 Å². The van der Waals surface area contributed by atoms with Crippen LogP contribution in [0.1, 0.15) is 11.1 Å². The normalized spacial score (nSPS) is 11.2. The van der Waals surface area contributed by atoms with Crippen molar-refractivity contribution in [1.82, 2.24) is 15.0 Å². The first-order valence-corrected chi connectivity index (χ1v) is 12.8. The molecule has 5 rings (SSSR count). The van der Waals surface area contributed by atoms with Gasteiger partial charge < -0.3 is 4.57 Å². The monoisotopic (exact) mass is 510 g/mol. The van der Waals surface area contributed by atoms with Gasteiger partial charge in [-0.25, -0.2) is 10.4 Å². The van der Waals surface area contributed by atoms with E-state index < -0.39 is 0 Å². The third-order valence-corrected chi connectivity index (χ3v) is 7.00. The average molecular weight is 511 g/mol. The van der Waals surface area contributed by atoms with Crippen molar-refractivity contribution in [3.63, 3.8) is 0 Å². The maximum Gasteiger partial charge on any atom is 0.250 e. The number of nitrogens with one attached hydrogen (secondary N) is 1. The molecule has 0 radical (unpaired) electrons. The molecule has 0 bridgehead atoms. The van der Waals surface area contributed by atoms with Crippen molar-refractivity contribution in [2.75, 3.05) is 5.75 Å². The number of hydrogen-bond donors (Lipinski definition) is 1. The Hall–Kier alpha value is -3.87. The average Bonchev–Trinajstić information content (AvgIpc) is 3.27. The number of hydrazone groups is 1. The molecule has 4 aromatic carbocycles. The van der Waals surface area contributed by atoms with Gasteiger partial charge in [-0.05, 0) is 40.5 Å². The summed E-state index contributed by atoms with van der Waals surface area (Å²) >= 11 is 7.77. The Bertz CT molecular complexity index is 1510. The number of rotatable bonds is 8. The van der Waals surface area contributed by atoms with Crippen molar-refractivity contribution >= 4 is 46.5 Å². The number of benzene rings is 4. The highest BCUT2D eigenvalue weighted by molar-refractivity contribution is 7.99. The summed E-state index contributed by atoms with van der Waals surface area (Å²) in [6, 6.07) is 33.9. The molecule has 0 atom stereocenters. The smallest absolute Gasteiger partial charge is 0.250 e. The summed E-state index contributed by atoms with van der Waals surface area (Å²) in [5.74, 6) is -0.00985. The molecule has 5 aromatic rings. The SMILES string of the molecule is O=C(CSc1nc2ccccc2n1Cc1ccccc1Cl)N/N=C/c1ccc(-c2ccccc2)cc1. The molecular formula is C29H23ClN4OS. The van der Waals surface area contributed by atoms with Crippen LogP contribution in [0.4, 0.5) is 0 Å². The van der Waals surface area contributed by atoms with Gasteiger partial charge in [0.15, 0.2) is 5.16 Å². The second-order valence-corrected chi connectivity index (χ2v) is 9.48. The van der Waals surface area contributed by atoms with Gasteiger partial charge in [0.2, 0.25) is 0 Å². The van der Waals surface area contributed by atoms with E-state index in [2.05, 4.69) is 27.2 Å². The number of carbonyl (C=O) groups is 1. The fourth-order valence-corrected chi connectivity index (χ4v) is 4.85. The first-order chi connectivity index (χ1) is 17.7.